The predicted octanol–water partition coefficient (Wildman–Crippen LogP) is 7.69. The lowest BCUT2D eigenvalue weighted by Gasteiger charge is -2.13. The number of ether oxygens (including phenoxy) is 1. The Kier molecular flexibility index (Phi) is 6.65. The van der Waals surface area contributed by atoms with Crippen molar-refractivity contribution in [1.29, 1.82) is 0 Å². The zero-order chi connectivity index (χ0) is 24.5. The van der Waals surface area contributed by atoms with E-state index in [0.29, 0.717) is 37.6 Å². The minimum Gasteiger partial charge on any atom is -0.487 e. The van der Waals surface area contributed by atoms with Crippen LogP contribution in [-0.2, 0) is 11.4 Å². The molecule has 1 aliphatic heterocycles. The highest BCUT2D eigenvalue weighted by Gasteiger charge is 2.34. The number of carbonyl (C=O) groups is 2. The van der Waals surface area contributed by atoms with Gasteiger partial charge in [-0.15, -0.1) is 0 Å². The van der Waals surface area contributed by atoms with Crippen LogP contribution in [0, 0.1) is 0 Å². The van der Waals surface area contributed by atoms with Crippen molar-refractivity contribution in [2.75, 3.05) is 4.90 Å². The number of urea groups is 1. The Hall–Kier alpha value is -3.13. The second kappa shape index (κ2) is 9.85. The van der Waals surface area contributed by atoms with E-state index >= 15 is 0 Å². The molecule has 1 fully saturated rings. The van der Waals surface area contributed by atoms with Crippen LogP contribution in [0.2, 0.25) is 5.02 Å². The van der Waals surface area contributed by atoms with E-state index < -0.39 is 11.9 Å². The molecule has 8 heteroatoms. The second-order valence-corrected chi connectivity index (χ2v) is 9.99. The van der Waals surface area contributed by atoms with Crippen LogP contribution in [0.25, 0.3) is 16.8 Å². The molecule has 35 heavy (non-hydrogen) atoms. The lowest BCUT2D eigenvalue weighted by atomic mass is 10.1. The third kappa shape index (κ3) is 4.85. The van der Waals surface area contributed by atoms with Gasteiger partial charge in [0, 0.05) is 5.02 Å². The molecule has 1 heterocycles. The first kappa shape index (κ1) is 23.6. The number of hydrogen-bond acceptors (Lipinski definition) is 3. The van der Waals surface area contributed by atoms with Gasteiger partial charge >= 0.3 is 6.03 Å². The number of anilines is 1. The van der Waals surface area contributed by atoms with E-state index in [1.54, 1.807) is 30.3 Å². The molecule has 0 aliphatic carbocycles. The van der Waals surface area contributed by atoms with Gasteiger partial charge in [-0.05, 0) is 96.2 Å². The van der Waals surface area contributed by atoms with Crippen molar-refractivity contribution in [3.63, 3.8) is 0 Å². The van der Waals surface area contributed by atoms with Crippen LogP contribution in [0.15, 0.2) is 93.5 Å². The predicted molar refractivity (Wildman–Crippen MR) is 146 cm³/mol. The van der Waals surface area contributed by atoms with Crippen LogP contribution < -0.4 is 15.0 Å². The number of hydrogen-bond donors (Lipinski definition) is 1. The van der Waals surface area contributed by atoms with E-state index in [9.17, 15) is 9.59 Å². The Morgan fingerprint density at radius 1 is 0.914 bits per heavy atom. The van der Waals surface area contributed by atoms with E-state index in [2.05, 4.69) is 55.4 Å². The summed E-state index contributed by atoms with van der Waals surface area (Å²) in [4.78, 5) is 26.4. The molecule has 0 saturated carbocycles. The lowest BCUT2D eigenvalue weighted by molar-refractivity contribution is -0.113. The van der Waals surface area contributed by atoms with Gasteiger partial charge in [-0.3, -0.25) is 4.79 Å². The van der Waals surface area contributed by atoms with Gasteiger partial charge in [0.05, 0.1) is 14.6 Å². The quantitative estimate of drug-likeness (QED) is 0.186. The number of imide groups is 1. The average Bonchev–Trinajstić information content (AvgIpc) is 3.11. The molecule has 3 amide bonds. The van der Waals surface area contributed by atoms with Crippen molar-refractivity contribution in [1.82, 2.24) is 5.32 Å². The normalized spacial score (nSPS) is 14.6. The van der Waals surface area contributed by atoms with Crippen molar-refractivity contribution in [3.8, 4) is 5.75 Å². The number of halogens is 3. The highest BCUT2D eigenvalue weighted by Crippen LogP contribution is 2.36. The highest BCUT2D eigenvalue weighted by molar-refractivity contribution is 9.11. The molecular formula is C27H17Br2ClN2O3. The maximum atomic E-state index is 12.9. The van der Waals surface area contributed by atoms with Gasteiger partial charge < -0.3 is 10.1 Å². The number of amides is 3. The fraction of sp³-hybridized carbons (Fsp3) is 0.0370. The zero-order valence-corrected chi connectivity index (χ0v) is 22.0. The first-order chi connectivity index (χ1) is 16.9. The third-order valence-corrected chi connectivity index (χ3v) is 6.98. The maximum Gasteiger partial charge on any atom is 0.333 e. The van der Waals surface area contributed by atoms with Crippen LogP contribution in [0.1, 0.15) is 11.1 Å². The van der Waals surface area contributed by atoms with E-state index in [4.69, 9.17) is 16.3 Å². The maximum absolute atomic E-state index is 12.9. The van der Waals surface area contributed by atoms with Crippen molar-refractivity contribution >= 4 is 77.9 Å². The SMILES string of the molecule is O=C1N/C(=C/c2cc(Br)c(OCc3cccc4ccccc34)c(Br)c2)C(=O)N1c1ccc(Cl)cc1. The Bertz CT molecular complexity index is 1470. The summed E-state index contributed by atoms with van der Waals surface area (Å²) in [5.74, 6) is 0.200. The highest BCUT2D eigenvalue weighted by atomic mass is 79.9. The van der Waals surface area contributed by atoms with Gasteiger partial charge in [0.25, 0.3) is 5.91 Å². The van der Waals surface area contributed by atoms with Crippen molar-refractivity contribution in [2.45, 2.75) is 6.61 Å². The Morgan fingerprint density at radius 3 is 2.34 bits per heavy atom. The molecule has 0 unspecified atom stereocenters. The minimum atomic E-state index is -0.517. The molecule has 5 rings (SSSR count). The largest absolute Gasteiger partial charge is 0.487 e. The summed E-state index contributed by atoms with van der Waals surface area (Å²) in [7, 11) is 0. The van der Waals surface area contributed by atoms with Gasteiger partial charge in [-0.1, -0.05) is 54.1 Å². The molecule has 0 aromatic heterocycles. The fourth-order valence-electron chi connectivity index (χ4n) is 3.90. The van der Waals surface area contributed by atoms with Crippen LogP contribution in [0.5, 0.6) is 5.75 Å². The second-order valence-electron chi connectivity index (χ2n) is 7.85. The van der Waals surface area contributed by atoms with Crippen LogP contribution in [0.4, 0.5) is 10.5 Å². The lowest BCUT2D eigenvalue weighted by Crippen LogP contribution is -2.30. The summed E-state index contributed by atoms with van der Waals surface area (Å²) in [6.07, 6.45) is 1.63. The summed E-state index contributed by atoms with van der Waals surface area (Å²) in [6.45, 7) is 0.392. The van der Waals surface area contributed by atoms with Crippen LogP contribution in [0.3, 0.4) is 0 Å². The van der Waals surface area contributed by atoms with Crippen molar-refractivity contribution in [3.05, 3.63) is 110 Å². The topological polar surface area (TPSA) is 58.6 Å². The summed E-state index contributed by atoms with van der Waals surface area (Å²) >= 11 is 13.1. The average molecular weight is 613 g/mol. The summed E-state index contributed by atoms with van der Waals surface area (Å²) in [5.41, 5.74) is 2.41. The molecule has 1 saturated heterocycles. The van der Waals surface area contributed by atoms with Gasteiger partial charge in [-0.25, -0.2) is 9.69 Å². The molecule has 174 valence electrons. The monoisotopic (exact) mass is 610 g/mol. The molecule has 0 atom stereocenters. The summed E-state index contributed by atoms with van der Waals surface area (Å²) in [6, 6.07) is 24.0. The summed E-state index contributed by atoms with van der Waals surface area (Å²) in [5, 5.41) is 5.46. The molecule has 1 N–H and O–H groups in total. The van der Waals surface area contributed by atoms with E-state index in [0.717, 1.165) is 21.2 Å². The zero-order valence-electron chi connectivity index (χ0n) is 18.1. The Labute approximate surface area is 223 Å². The molecule has 0 spiro atoms. The molecule has 5 nitrogen and oxygen atoms in total. The van der Waals surface area contributed by atoms with Gasteiger partial charge in [-0.2, -0.15) is 0 Å². The van der Waals surface area contributed by atoms with Gasteiger partial charge in [0.2, 0.25) is 0 Å². The Balaban J connectivity index is 1.37. The summed E-state index contributed by atoms with van der Waals surface area (Å²) < 4.78 is 7.57. The third-order valence-electron chi connectivity index (χ3n) is 5.55. The van der Waals surface area contributed by atoms with Gasteiger partial charge in [0.1, 0.15) is 18.1 Å². The molecule has 1 aliphatic rings. The minimum absolute atomic E-state index is 0.174. The van der Waals surface area contributed by atoms with Crippen molar-refractivity contribution < 1.29 is 14.3 Å². The molecule has 0 bridgehead atoms. The smallest absolute Gasteiger partial charge is 0.333 e. The number of fused-ring (bicyclic) bond motifs is 1. The first-order valence-corrected chi connectivity index (χ1v) is 12.6. The number of nitrogens with zero attached hydrogens (tertiary/aromatic N) is 1. The van der Waals surface area contributed by atoms with Crippen LogP contribution in [-0.4, -0.2) is 11.9 Å². The fourth-order valence-corrected chi connectivity index (χ4v) is 5.47. The molecule has 4 aromatic rings. The van der Waals surface area contributed by atoms with E-state index in [-0.39, 0.29) is 5.70 Å². The van der Waals surface area contributed by atoms with Crippen molar-refractivity contribution in [2.24, 2.45) is 0 Å². The molecular weight excluding hydrogens is 596 g/mol. The van der Waals surface area contributed by atoms with E-state index in [1.165, 1.54) is 0 Å². The number of nitrogens with one attached hydrogen (secondary N) is 1. The number of rotatable bonds is 5. The molecule has 4 aromatic carbocycles. The van der Waals surface area contributed by atoms with E-state index in [1.807, 2.05) is 36.4 Å². The first-order valence-electron chi connectivity index (χ1n) is 10.6. The molecule has 0 radical (unpaired) electrons. The van der Waals surface area contributed by atoms with Gasteiger partial charge in [0.15, 0.2) is 0 Å². The Morgan fingerprint density at radius 2 is 1.60 bits per heavy atom. The number of carbonyl (C=O) groups excluding carboxylic acids is 2. The standard InChI is InChI=1S/C27H17Br2ClN2O3/c28-22-12-16(14-24-26(33)32(27(34)31-24)20-10-8-19(30)9-11-20)13-23(29)25(22)35-15-18-6-3-5-17-4-1-2-7-21(17)18/h1-14H,15H2,(H,31,34)/b24-14+. The number of benzene rings is 4. The van der Waals surface area contributed by atoms with Crippen LogP contribution >= 0.6 is 43.5 Å².